The van der Waals surface area contributed by atoms with Gasteiger partial charge in [0.2, 0.25) is 0 Å². The van der Waals surface area contributed by atoms with Crippen LogP contribution >= 0.6 is 23.2 Å². The Morgan fingerprint density at radius 2 is 1.79 bits per heavy atom. The number of hydrogen-bond donors (Lipinski definition) is 2. The van der Waals surface area contributed by atoms with Crippen LogP contribution in [0.3, 0.4) is 0 Å². The summed E-state index contributed by atoms with van der Waals surface area (Å²) in [5, 5.41) is 9.83. The quantitative estimate of drug-likeness (QED) is 0.398. The molecule has 0 unspecified atom stereocenters. The van der Waals surface area contributed by atoms with Gasteiger partial charge in [-0.1, -0.05) is 35.3 Å². The number of nitrogens with one attached hydrogen (secondary N) is 1. The number of carboxylic acids is 1. The Morgan fingerprint density at radius 1 is 1.03 bits per heavy atom. The van der Waals surface area contributed by atoms with Crippen molar-refractivity contribution in [1.29, 1.82) is 0 Å². The number of imidazole rings is 1. The number of carbonyl (C=O) groups is 1. The lowest BCUT2D eigenvalue weighted by Gasteiger charge is -2.28. The van der Waals surface area contributed by atoms with E-state index in [0.29, 0.717) is 21.9 Å². The first-order valence-electron chi connectivity index (χ1n) is 10.2. The molecule has 0 atom stereocenters. The average molecular weight is 485 g/mol. The van der Waals surface area contributed by atoms with Crippen LogP contribution < -0.4 is 9.64 Å². The maximum atomic E-state index is 11.3. The highest BCUT2D eigenvalue weighted by Crippen LogP contribution is 2.32. The summed E-state index contributed by atoms with van der Waals surface area (Å²) in [4.78, 5) is 25.5. The van der Waals surface area contributed by atoms with Crippen LogP contribution in [0.15, 0.2) is 48.5 Å². The smallest absolute Gasteiger partial charge is 0.337 e. The van der Waals surface area contributed by atoms with E-state index in [1.165, 1.54) is 12.1 Å². The molecular formula is C23H18Cl2N4O4. The summed E-state index contributed by atoms with van der Waals surface area (Å²) in [7, 11) is 0. The molecule has 3 heterocycles. The maximum absolute atomic E-state index is 11.3. The Hall–Kier alpha value is -3.33. The van der Waals surface area contributed by atoms with Gasteiger partial charge in [0.05, 0.1) is 40.0 Å². The molecule has 5 rings (SSSR count). The van der Waals surface area contributed by atoms with Gasteiger partial charge in [-0.25, -0.2) is 9.78 Å². The Bertz CT molecular complexity index is 1330. The lowest BCUT2D eigenvalue weighted by molar-refractivity contribution is 0.0696. The SMILES string of the molecule is O=C(O)c1cc(Oc2nc3nc(-c4ccc(N5CCOCC5)cc4)c(Cl)cc3[nH]2)ccc1Cl. The van der Waals surface area contributed by atoms with E-state index in [4.69, 9.17) is 32.7 Å². The molecule has 2 aromatic carbocycles. The molecule has 0 aliphatic carbocycles. The molecule has 0 bridgehead atoms. The summed E-state index contributed by atoms with van der Waals surface area (Å²) in [6.07, 6.45) is 0. The molecule has 10 heteroatoms. The van der Waals surface area contributed by atoms with Gasteiger partial charge >= 0.3 is 12.0 Å². The Labute approximate surface area is 198 Å². The highest BCUT2D eigenvalue weighted by Gasteiger charge is 2.16. The monoisotopic (exact) mass is 484 g/mol. The van der Waals surface area contributed by atoms with Gasteiger partial charge in [0.25, 0.3) is 0 Å². The molecule has 0 spiro atoms. The van der Waals surface area contributed by atoms with Crippen molar-refractivity contribution < 1.29 is 19.4 Å². The van der Waals surface area contributed by atoms with Gasteiger partial charge in [-0.2, -0.15) is 4.98 Å². The number of nitrogens with zero attached hydrogens (tertiary/aromatic N) is 3. The minimum Gasteiger partial charge on any atom is -0.478 e. The van der Waals surface area contributed by atoms with Crippen molar-refractivity contribution in [2.45, 2.75) is 0 Å². The number of carboxylic acid groups (broad SMARTS) is 1. The molecule has 2 aromatic heterocycles. The number of pyridine rings is 1. The number of rotatable bonds is 5. The number of ether oxygens (including phenoxy) is 2. The standard InChI is InChI=1S/C23H18Cl2N4O4/c24-17-6-5-15(11-16(17)22(30)31)33-23-26-19-12-18(25)20(27-21(19)28-23)13-1-3-14(4-2-13)29-7-9-32-10-8-29/h1-6,11-12H,7-10H2,(H,30,31)(H,26,27,28). The molecule has 0 amide bonds. The van der Waals surface area contributed by atoms with Crippen molar-refractivity contribution in [1.82, 2.24) is 15.0 Å². The zero-order valence-electron chi connectivity index (χ0n) is 17.2. The minimum atomic E-state index is -1.15. The van der Waals surface area contributed by atoms with Crippen molar-refractivity contribution in [2.75, 3.05) is 31.2 Å². The van der Waals surface area contributed by atoms with E-state index < -0.39 is 5.97 Å². The highest BCUT2D eigenvalue weighted by molar-refractivity contribution is 6.34. The molecule has 1 aliphatic rings. The van der Waals surface area contributed by atoms with Crippen molar-refractivity contribution in [3.63, 3.8) is 0 Å². The molecule has 4 aromatic rings. The number of aromatic nitrogens is 3. The second-order valence-electron chi connectivity index (χ2n) is 7.43. The van der Waals surface area contributed by atoms with Gasteiger partial charge in [-0.05, 0) is 36.4 Å². The number of H-pyrrole nitrogens is 1. The number of aromatic amines is 1. The van der Waals surface area contributed by atoms with E-state index in [9.17, 15) is 9.90 Å². The maximum Gasteiger partial charge on any atom is 0.337 e. The lowest BCUT2D eigenvalue weighted by Crippen LogP contribution is -2.36. The van der Waals surface area contributed by atoms with E-state index in [1.807, 2.05) is 24.3 Å². The number of anilines is 1. The van der Waals surface area contributed by atoms with Gasteiger partial charge in [-0.15, -0.1) is 0 Å². The molecule has 0 saturated carbocycles. The van der Waals surface area contributed by atoms with Gasteiger partial charge in [0.15, 0.2) is 5.65 Å². The molecule has 1 saturated heterocycles. The third-order valence-corrected chi connectivity index (χ3v) is 5.92. The summed E-state index contributed by atoms with van der Waals surface area (Å²) < 4.78 is 11.1. The average Bonchev–Trinajstić information content (AvgIpc) is 3.21. The molecule has 2 N–H and O–H groups in total. The van der Waals surface area contributed by atoms with Crippen LogP contribution in [-0.4, -0.2) is 52.3 Å². The van der Waals surface area contributed by atoms with Crippen LogP contribution in [0.1, 0.15) is 10.4 Å². The normalized spacial score (nSPS) is 13.9. The second kappa shape index (κ2) is 8.90. The predicted molar refractivity (Wildman–Crippen MR) is 126 cm³/mol. The van der Waals surface area contributed by atoms with Crippen molar-refractivity contribution in [3.8, 4) is 23.0 Å². The number of morpholine rings is 1. The van der Waals surface area contributed by atoms with E-state index >= 15 is 0 Å². The first-order chi connectivity index (χ1) is 16.0. The minimum absolute atomic E-state index is 0.0609. The topological polar surface area (TPSA) is 101 Å². The first kappa shape index (κ1) is 21.5. The number of halogens is 2. The molecule has 0 radical (unpaired) electrons. The number of aromatic carboxylic acids is 1. The highest BCUT2D eigenvalue weighted by atomic mass is 35.5. The lowest BCUT2D eigenvalue weighted by atomic mass is 10.1. The summed E-state index contributed by atoms with van der Waals surface area (Å²) in [6.45, 7) is 3.18. The predicted octanol–water partition coefficient (Wildman–Crippen LogP) is 5.26. The van der Waals surface area contributed by atoms with E-state index in [0.717, 1.165) is 37.6 Å². The third-order valence-electron chi connectivity index (χ3n) is 5.30. The fraction of sp³-hybridized carbons (Fsp3) is 0.174. The summed E-state index contributed by atoms with van der Waals surface area (Å²) in [5.41, 5.74) is 3.56. The Kier molecular flexibility index (Phi) is 5.80. The van der Waals surface area contributed by atoms with E-state index in [2.05, 4.69) is 19.9 Å². The van der Waals surface area contributed by atoms with E-state index in [-0.39, 0.29) is 22.3 Å². The molecule has 1 aliphatic heterocycles. The first-order valence-corrected chi connectivity index (χ1v) is 10.9. The van der Waals surface area contributed by atoms with Crippen LogP contribution in [-0.2, 0) is 4.74 Å². The summed E-state index contributed by atoms with van der Waals surface area (Å²) in [5.74, 6) is -0.867. The largest absolute Gasteiger partial charge is 0.478 e. The number of fused-ring (bicyclic) bond motifs is 1. The molecule has 33 heavy (non-hydrogen) atoms. The zero-order valence-corrected chi connectivity index (χ0v) is 18.7. The van der Waals surface area contributed by atoms with Gasteiger partial charge < -0.3 is 24.5 Å². The summed E-state index contributed by atoms with van der Waals surface area (Å²) in [6, 6.07) is 14.3. The molecule has 8 nitrogen and oxygen atoms in total. The summed E-state index contributed by atoms with van der Waals surface area (Å²) >= 11 is 12.4. The van der Waals surface area contributed by atoms with Crippen molar-refractivity contribution in [2.24, 2.45) is 0 Å². The zero-order chi connectivity index (χ0) is 22.9. The molecular weight excluding hydrogens is 467 g/mol. The Morgan fingerprint density at radius 3 is 2.52 bits per heavy atom. The van der Waals surface area contributed by atoms with Crippen molar-refractivity contribution in [3.05, 3.63) is 64.1 Å². The third kappa shape index (κ3) is 4.45. The fourth-order valence-corrected chi connectivity index (χ4v) is 4.10. The van der Waals surface area contributed by atoms with E-state index in [1.54, 1.807) is 12.1 Å². The van der Waals surface area contributed by atoms with Crippen LogP contribution in [0.25, 0.3) is 22.4 Å². The van der Waals surface area contributed by atoms with Crippen LogP contribution in [0.5, 0.6) is 11.8 Å². The number of benzene rings is 2. The fourth-order valence-electron chi connectivity index (χ4n) is 3.64. The van der Waals surface area contributed by atoms with Gasteiger partial charge in [-0.3, -0.25) is 0 Å². The molecule has 1 fully saturated rings. The van der Waals surface area contributed by atoms with Crippen LogP contribution in [0, 0.1) is 0 Å². The molecule has 168 valence electrons. The van der Waals surface area contributed by atoms with Crippen LogP contribution in [0.4, 0.5) is 5.69 Å². The Balaban J connectivity index is 1.41. The van der Waals surface area contributed by atoms with Crippen LogP contribution in [0.2, 0.25) is 10.0 Å². The second-order valence-corrected chi connectivity index (χ2v) is 8.24. The van der Waals surface area contributed by atoms with Gasteiger partial charge in [0.1, 0.15) is 5.75 Å². The van der Waals surface area contributed by atoms with Gasteiger partial charge in [0, 0.05) is 24.3 Å². The van der Waals surface area contributed by atoms with Crippen molar-refractivity contribution >= 4 is 46.0 Å². The number of hydrogen-bond acceptors (Lipinski definition) is 6.